The van der Waals surface area contributed by atoms with Crippen LogP contribution < -0.4 is 11.5 Å². The van der Waals surface area contributed by atoms with Crippen LogP contribution in [0.25, 0.3) is 0 Å². The molecule has 0 fully saturated rings. The van der Waals surface area contributed by atoms with Gasteiger partial charge in [0.15, 0.2) is 5.41 Å². The molecule has 0 unspecified atom stereocenters. The van der Waals surface area contributed by atoms with Crippen LogP contribution in [-0.4, -0.2) is 107 Å². The largest absolute Gasteiger partial charge is 0.460 e. The van der Waals surface area contributed by atoms with Gasteiger partial charge in [-0.2, -0.15) is 167 Å². The molecular weight excluding hydrogens is 1290 g/mol. The van der Waals surface area contributed by atoms with Crippen molar-refractivity contribution in [2.24, 2.45) is 0 Å². The van der Waals surface area contributed by atoms with Gasteiger partial charge in [0, 0.05) is 11.4 Å². The highest BCUT2D eigenvalue weighted by atomic mass is 19.4. The molecule has 0 aliphatic rings. The Kier molecular flexibility index (Phi) is 17.2. The van der Waals surface area contributed by atoms with Crippen LogP contribution in [0.5, 0.6) is 0 Å². The van der Waals surface area contributed by atoms with Gasteiger partial charge in [0.2, 0.25) is 0 Å². The normalized spacial score (nSPS) is 15.6. The van der Waals surface area contributed by atoms with Gasteiger partial charge < -0.3 is 11.5 Å². The SMILES string of the molecule is Nc1ccc(Cc2ccc(C(c3ccc(Cc4ccc(N)cc4)cc3)(C(F)(F)F)C(F)(F)C(F)(F)C(F)(F)C(F)(F)C(F)(F)C(F)(F)C(F)(F)C(F)(F)C(F)(F)C(F)(F)C(F)(F)C(F)(F)C(F)(F)C(F)(F)C(F)(F)C(F)(F)C(F)(F)F)cc2)cc1. The number of nitrogens with two attached hydrogens (primary N) is 2. The Balaban J connectivity index is 1.96. The van der Waals surface area contributed by atoms with Crippen LogP contribution in [0.2, 0.25) is 0 Å². The standard InChI is InChI=1S/C45H24F38N2/c46-28(47,27(44(78,79)80,23-9-1-19(2-10-23)17-21-5-13-25(84)14-6-21)24-11-3-20(4-12-24)18-22-7-15-26(85)16-8-22)29(48,49)30(50,51)31(52,53)32(54,55)33(56,57)34(58,59)35(60,61)36(62,63)37(64,65)38(66,67)39(68,69)40(70,71)41(72,73)42(74,75)43(76,77)45(81,82)83/h1-16H,17-18,84-85H2. The molecule has 0 saturated carbocycles. The first-order chi connectivity index (χ1) is 37.4. The number of alkyl halides is 38. The smallest absolute Gasteiger partial charge is 0.399 e. The summed E-state index contributed by atoms with van der Waals surface area (Å²) >= 11 is 0. The van der Waals surface area contributed by atoms with E-state index in [9.17, 15) is 110 Å². The van der Waals surface area contributed by atoms with Gasteiger partial charge in [0.1, 0.15) is 0 Å². The molecule has 0 bridgehead atoms. The zero-order valence-electron chi connectivity index (χ0n) is 39.7. The molecule has 0 amide bonds. The topological polar surface area (TPSA) is 52.0 Å². The lowest BCUT2D eigenvalue weighted by Gasteiger charge is -2.49. The fraction of sp³-hybridized carbons (Fsp3) is 0.467. The van der Waals surface area contributed by atoms with E-state index >= 15 is 57.1 Å². The predicted molar refractivity (Wildman–Crippen MR) is 212 cm³/mol. The summed E-state index contributed by atoms with van der Waals surface area (Å²) < 4.78 is 554. The van der Waals surface area contributed by atoms with Crippen LogP contribution in [0, 0.1) is 0 Å². The van der Waals surface area contributed by atoms with E-state index in [1.165, 1.54) is 24.3 Å². The minimum Gasteiger partial charge on any atom is -0.399 e. The first kappa shape index (κ1) is 71.3. The Morgan fingerprint density at radius 2 is 0.341 bits per heavy atom. The van der Waals surface area contributed by atoms with Crippen molar-refractivity contribution in [3.63, 3.8) is 0 Å². The van der Waals surface area contributed by atoms with E-state index in [1.54, 1.807) is 0 Å². The summed E-state index contributed by atoms with van der Waals surface area (Å²) in [5.41, 5.74) is -1.37. The van der Waals surface area contributed by atoms with Gasteiger partial charge >= 0.3 is 107 Å². The summed E-state index contributed by atoms with van der Waals surface area (Å²) in [5.74, 6) is -160. The molecule has 0 heterocycles. The summed E-state index contributed by atoms with van der Waals surface area (Å²) in [5, 5.41) is 0. The van der Waals surface area contributed by atoms with E-state index in [4.69, 9.17) is 11.5 Å². The zero-order valence-corrected chi connectivity index (χ0v) is 39.7. The van der Waals surface area contributed by atoms with Gasteiger partial charge in [-0.05, 0) is 70.5 Å². The fourth-order valence-corrected chi connectivity index (χ4v) is 7.70. The van der Waals surface area contributed by atoms with Crippen LogP contribution in [0.15, 0.2) is 97.1 Å². The number of nitrogen functional groups attached to an aromatic ring is 2. The Bertz CT molecular complexity index is 2900. The van der Waals surface area contributed by atoms with Crippen molar-refractivity contribution in [1.29, 1.82) is 0 Å². The maximum atomic E-state index is 16.8. The summed E-state index contributed by atoms with van der Waals surface area (Å²) in [6, 6.07) is 8.88. The molecule has 0 atom stereocenters. The zero-order chi connectivity index (χ0) is 66.8. The van der Waals surface area contributed by atoms with Crippen LogP contribution >= 0.6 is 0 Å². The molecule has 0 aliphatic carbocycles. The Morgan fingerprint density at radius 1 is 0.188 bits per heavy atom. The molecule has 0 radical (unpaired) electrons. The molecule has 85 heavy (non-hydrogen) atoms. The van der Waals surface area contributed by atoms with E-state index < -0.39 is 148 Å². The van der Waals surface area contributed by atoms with Crippen molar-refractivity contribution in [1.82, 2.24) is 0 Å². The second-order valence-corrected chi connectivity index (χ2v) is 18.2. The van der Waals surface area contributed by atoms with Gasteiger partial charge in [0.05, 0.1) is 0 Å². The fourth-order valence-electron chi connectivity index (χ4n) is 7.70. The first-order valence-corrected chi connectivity index (χ1v) is 21.5. The molecule has 2 nitrogen and oxygen atoms in total. The molecule has 4 rings (SSSR count). The van der Waals surface area contributed by atoms with Gasteiger partial charge in [0.25, 0.3) is 0 Å². The Morgan fingerprint density at radius 3 is 0.506 bits per heavy atom. The number of rotatable bonds is 22. The van der Waals surface area contributed by atoms with E-state index in [2.05, 4.69) is 0 Å². The highest BCUT2D eigenvalue weighted by Gasteiger charge is 3.03. The number of halogens is 38. The van der Waals surface area contributed by atoms with Gasteiger partial charge in [-0.25, -0.2) is 0 Å². The molecule has 4 aromatic carbocycles. The van der Waals surface area contributed by atoms with E-state index in [-0.39, 0.29) is 71.0 Å². The lowest BCUT2D eigenvalue weighted by Crippen LogP contribution is -2.80. The molecule has 0 spiro atoms. The molecule has 4 aromatic rings. The average Bonchev–Trinajstić information content (AvgIpc) is 0.704. The Labute approximate surface area is 445 Å². The number of hydrogen-bond donors (Lipinski definition) is 2. The molecule has 4 N–H and O–H groups in total. The summed E-state index contributed by atoms with van der Waals surface area (Å²) in [6.07, 6.45) is -17.2. The van der Waals surface area contributed by atoms with Gasteiger partial charge in [-0.15, -0.1) is 0 Å². The maximum Gasteiger partial charge on any atom is 0.460 e. The van der Waals surface area contributed by atoms with Crippen molar-refractivity contribution in [3.05, 3.63) is 130 Å². The van der Waals surface area contributed by atoms with E-state index in [0.717, 1.165) is 24.3 Å². The van der Waals surface area contributed by atoms with Crippen molar-refractivity contribution in [2.45, 2.75) is 125 Å². The number of benzene rings is 4. The Hall–Kier alpha value is -6.18. The highest BCUT2D eigenvalue weighted by molar-refractivity contribution is 5.50. The second-order valence-electron chi connectivity index (χ2n) is 18.2. The third-order valence-corrected chi connectivity index (χ3v) is 12.7. The highest BCUT2D eigenvalue weighted by Crippen LogP contribution is 2.72. The molecular formula is C45H24F38N2. The lowest BCUT2D eigenvalue weighted by atomic mass is 9.65. The van der Waals surface area contributed by atoms with Gasteiger partial charge in [-0.1, -0.05) is 72.8 Å². The minimum atomic E-state index is -10.5. The quantitative estimate of drug-likeness (QED) is 0.0609. The van der Waals surface area contributed by atoms with Gasteiger partial charge in [-0.3, -0.25) is 0 Å². The molecule has 0 saturated heterocycles. The van der Waals surface area contributed by atoms with Crippen molar-refractivity contribution in [3.8, 4) is 0 Å². The van der Waals surface area contributed by atoms with Crippen LogP contribution in [0.1, 0.15) is 33.4 Å². The van der Waals surface area contributed by atoms with Crippen LogP contribution in [-0.2, 0) is 18.3 Å². The molecule has 40 heteroatoms. The lowest BCUT2D eigenvalue weighted by molar-refractivity contribution is -0.493. The van der Waals surface area contributed by atoms with E-state index in [0.29, 0.717) is 0 Å². The number of anilines is 2. The molecule has 0 aliphatic heterocycles. The van der Waals surface area contributed by atoms with Crippen molar-refractivity contribution in [2.75, 3.05) is 11.5 Å². The first-order valence-electron chi connectivity index (χ1n) is 21.5. The summed E-state index contributed by atoms with van der Waals surface area (Å²) in [7, 11) is 0. The molecule has 480 valence electrons. The van der Waals surface area contributed by atoms with Crippen LogP contribution in [0.4, 0.5) is 178 Å². The number of hydrogen-bond acceptors (Lipinski definition) is 2. The van der Waals surface area contributed by atoms with E-state index in [1.807, 2.05) is 0 Å². The monoisotopic (exact) mass is 1310 g/mol. The third-order valence-electron chi connectivity index (χ3n) is 12.7. The van der Waals surface area contributed by atoms with Crippen molar-refractivity contribution >= 4 is 11.4 Å². The predicted octanol–water partition coefficient (Wildman–Crippen LogP) is 17.6. The minimum absolute atomic E-state index is 0.0429. The van der Waals surface area contributed by atoms with Crippen molar-refractivity contribution < 1.29 is 167 Å². The average molecular weight is 1310 g/mol. The molecule has 0 aromatic heterocycles. The third kappa shape index (κ3) is 9.60. The second kappa shape index (κ2) is 20.5. The maximum absolute atomic E-state index is 16.8. The summed E-state index contributed by atoms with van der Waals surface area (Å²) in [4.78, 5) is 0. The summed E-state index contributed by atoms with van der Waals surface area (Å²) in [6.45, 7) is 0. The van der Waals surface area contributed by atoms with Crippen LogP contribution in [0.3, 0.4) is 0 Å².